The number of hydrogen-bond acceptors (Lipinski definition) is 4. The summed E-state index contributed by atoms with van der Waals surface area (Å²) in [5, 5.41) is 5.97. The molecule has 106 valence electrons. The average Bonchev–Trinajstić information content (AvgIpc) is 2.37. The third-order valence-electron chi connectivity index (χ3n) is 2.26. The van der Waals surface area contributed by atoms with Gasteiger partial charge in [-0.2, -0.15) is 0 Å². The maximum Gasteiger partial charge on any atom is 0.238 e. The summed E-state index contributed by atoms with van der Waals surface area (Å²) in [5.74, 6) is 0.313. The molecule has 0 aliphatic heterocycles. The number of amides is 1. The molecule has 0 aromatic heterocycles. The zero-order valence-electron chi connectivity index (χ0n) is 11.2. The Morgan fingerprint density at radius 1 is 1.37 bits per heavy atom. The van der Waals surface area contributed by atoms with Gasteiger partial charge in [0, 0.05) is 6.61 Å². The number of carbonyl (C=O) groups is 1. The summed E-state index contributed by atoms with van der Waals surface area (Å²) in [7, 11) is 1.71. The number of anilines is 1. The van der Waals surface area contributed by atoms with Crippen molar-refractivity contribution in [2.75, 3.05) is 38.7 Å². The first-order chi connectivity index (χ1) is 9.19. The van der Waals surface area contributed by atoms with E-state index in [0.29, 0.717) is 36.3 Å². The molecular formula is C13H19ClN2O3. The fourth-order valence-electron chi connectivity index (χ4n) is 1.46. The predicted octanol–water partition coefficient (Wildman–Crippen LogP) is 1.91. The van der Waals surface area contributed by atoms with Gasteiger partial charge in [-0.1, -0.05) is 17.7 Å². The Labute approximate surface area is 118 Å². The maximum absolute atomic E-state index is 11.6. The van der Waals surface area contributed by atoms with Crippen LogP contribution in [-0.4, -0.2) is 39.3 Å². The van der Waals surface area contributed by atoms with Crippen LogP contribution in [0.4, 0.5) is 5.69 Å². The zero-order chi connectivity index (χ0) is 14.1. The molecule has 0 aliphatic carbocycles. The van der Waals surface area contributed by atoms with E-state index in [9.17, 15) is 4.79 Å². The highest BCUT2D eigenvalue weighted by Gasteiger charge is 2.10. The molecule has 1 aromatic rings. The predicted molar refractivity (Wildman–Crippen MR) is 76.0 cm³/mol. The molecule has 0 atom stereocenters. The Morgan fingerprint density at radius 2 is 2.16 bits per heavy atom. The van der Waals surface area contributed by atoms with E-state index in [4.69, 9.17) is 21.1 Å². The normalized spacial score (nSPS) is 10.3. The van der Waals surface area contributed by atoms with Gasteiger partial charge in [-0.05, 0) is 26.1 Å². The number of para-hydroxylation sites is 1. The van der Waals surface area contributed by atoms with Crippen LogP contribution in [0.25, 0.3) is 0 Å². The van der Waals surface area contributed by atoms with Crippen molar-refractivity contribution in [1.29, 1.82) is 0 Å². The molecule has 2 N–H and O–H groups in total. The molecule has 0 spiro atoms. The summed E-state index contributed by atoms with van der Waals surface area (Å²) in [6, 6.07) is 5.22. The molecule has 6 heteroatoms. The number of hydrogen-bond donors (Lipinski definition) is 2. The molecule has 0 aliphatic rings. The van der Waals surface area contributed by atoms with Crippen LogP contribution in [0, 0.1) is 0 Å². The van der Waals surface area contributed by atoms with Gasteiger partial charge in [0.25, 0.3) is 0 Å². The van der Waals surface area contributed by atoms with Crippen molar-refractivity contribution in [2.24, 2.45) is 0 Å². The fourth-order valence-corrected chi connectivity index (χ4v) is 1.69. The summed E-state index contributed by atoms with van der Waals surface area (Å²) in [6.07, 6.45) is 0. The quantitative estimate of drug-likeness (QED) is 0.717. The molecular weight excluding hydrogens is 268 g/mol. The summed E-state index contributed by atoms with van der Waals surface area (Å²) >= 11 is 6.07. The Kier molecular flexibility index (Phi) is 7.25. The topological polar surface area (TPSA) is 59.6 Å². The first-order valence-electron chi connectivity index (χ1n) is 6.12. The molecule has 0 saturated heterocycles. The Bertz CT molecular complexity index is 413. The van der Waals surface area contributed by atoms with Gasteiger partial charge in [0.2, 0.25) is 5.91 Å². The third kappa shape index (κ3) is 5.46. The highest BCUT2D eigenvalue weighted by molar-refractivity contribution is 6.32. The van der Waals surface area contributed by atoms with Crippen molar-refractivity contribution in [2.45, 2.75) is 6.92 Å². The van der Waals surface area contributed by atoms with Gasteiger partial charge in [0.15, 0.2) is 5.75 Å². The van der Waals surface area contributed by atoms with Crippen LogP contribution in [0.5, 0.6) is 5.75 Å². The molecule has 0 fully saturated rings. The van der Waals surface area contributed by atoms with E-state index in [1.165, 1.54) is 0 Å². The van der Waals surface area contributed by atoms with Gasteiger partial charge in [-0.25, -0.2) is 0 Å². The second kappa shape index (κ2) is 8.74. The molecule has 0 bridgehead atoms. The lowest BCUT2D eigenvalue weighted by Gasteiger charge is -2.14. The van der Waals surface area contributed by atoms with E-state index in [1.54, 1.807) is 25.2 Å². The second-order valence-corrected chi connectivity index (χ2v) is 4.15. The van der Waals surface area contributed by atoms with E-state index in [1.807, 2.05) is 6.92 Å². The lowest BCUT2D eigenvalue weighted by molar-refractivity contribution is -0.115. The molecule has 5 nitrogen and oxygen atoms in total. The van der Waals surface area contributed by atoms with E-state index in [2.05, 4.69) is 10.6 Å². The van der Waals surface area contributed by atoms with Crippen LogP contribution in [0.3, 0.4) is 0 Å². The summed E-state index contributed by atoms with van der Waals surface area (Å²) in [4.78, 5) is 11.6. The summed E-state index contributed by atoms with van der Waals surface area (Å²) in [5.41, 5.74) is 0.559. The minimum absolute atomic E-state index is 0.153. The highest BCUT2D eigenvalue weighted by atomic mass is 35.5. The Balaban J connectivity index is 2.68. The molecule has 1 amide bonds. The second-order valence-electron chi connectivity index (χ2n) is 3.74. The average molecular weight is 287 g/mol. The molecule has 0 unspecified atom stereocenters. The number of carbonyl (C=O) groups excluding carboxylic acids is 1. The van der Waals surface area contributed by atoms with Crippen molar-refractivity contribution in [3.05, 3.63) is 23.2 Å². The molecule has 0 heterocycles. The van der Waals surface area contributed by atoms with Crippen LogP contribution in [-0.2, 0) is 9.53 Å². The third-order valence-corrected chi connectivity index (χ3v) is 2.55. The van der Waals surface area contributed by atoms with Crippen molar-refractivity contribution in [3.8, 4) is 5.75 Å². The van der Waals surface area contributed by atoms with Crippen LogP contribution >= 0.6 is 11.6 Å². The molecule has 1 aromatic carbocycles. The number of benzene rings is 1. The van der Waals surface area contributed by atoms with Gasteiger partial charge in [-0.15, -0.1) is 0 Å². The number of rotatable bonds is 8. The zero-order valence-corrected chi connectivity index (χ0v) is 11.9. The lowest BCUT2D eigenvalue weighted by atomic mass is 10.3. The first kappa shape index (κ1) is 15.8. The van der Waals surface area contributed by atoms with Gasteiger partial charge in [0.1, 0.15) is 6.61 Å². The molecule has 19 heavy (non-hydrogen) atoms. The van der Waals surface area contributed by atoms with Crippen molar-refractivity contribution in [3.63, 3.8) is 0 Å². The van der Waals surface area contributed by atoms with Crippen molar-refractivity contribution in [1.82, 2.24) is 5.32 Å². The van der Waals surface area contributed by atoms with Gasteiger partial charge in [0.05, 0.1) is 23.9 Å². The smallest absolute Gasteiger partial charge is 0.238 e. The van der Waals surface area contributed by atoms with Crippen molar-refractivity contribution < 1.29 is 14.3 Å². The molecule has 0 saturated carbocycles. The molecule has 0 radical (unpaired) electrons. The first-order valence-corrected chi connectivity index (χ1v) is 6.50. The number of halogens is 1. The lowest BCUT2D eigenvalue weighted by Crippen LogP contribution is -2.25. The van der Waals surface area contributed by atoms with E-state index < -0.39 is 0 Å². The SMILES string of the molecule is CCOCCOc1c(Cl)cccc1NC(=O)CNC. The molecule has 1 rings (SSSR count). The van der Waals surface area contributed by atoms with Crippen LogP contribution in [0.1, 0.15) is 6.92 Å². The highest BCUT2D eigenvalue weighted by Crippen LogP contribution is 2.32. The Hall–Kier alpha value is -1.30. The van der Waals surface area contributed by atoms with Crippen LogP contribution in [0.2, 0.25) is 5.02 Å². The van der Waals surface area contributed by atoms with Gasteiger partial charge in [-0.3, -0.25) is 4.79 Å². The summed E-state index contributed by atoms with van der Waals surface area (Å²) in [6.45, 7) is 3.64. The number of ether oxygens (including phenoxy) is 2. The minimum Gasteiger partial charge on any atom is -0.487 e. The fraction of sp³-hybridized carbons (Fsp3) is 0.462. The Morgan fingerprint density at radius 3 is 2.84 bits per heavy atom. The van der Waals surface area contributed by atoms with Gasteiger partial charge < -0.3 is 20.1 Å². The number of likely N-dealkylation sites (N-methyl/N-ethyl adjacent to an activating group) is 1. The van der Waals surface area contributed by atoms with E-state index in [-0.39, 0.29) is 12.5 Å². The van der Waals surface area contributed by atoms with Gasteiger partial charge >= 0.3 is 0 Å². The number of nitrogens with one attached hydrogen (secondary N) is 2. The van der Waals surface area contributed by atoms with E-state index >= 15 is 0 Å². The summed E-state index contributed by atoms with van der Waals surface area (Å²) < 4.78 is 10.7. The van der Waals surface area contributed by atoms with E-state index in [0.717, 1.165) is 0 Å². The van der Waals surface area contributed by atoms with Crippen molar-refractivity contribution >= 4 is 23.2 Å². The van der Waals surface area contributed by atoms with Crippen LogP contribution in [0.15, 0.2) is 18.2 Å². The standard InChI is InChI=1S/C13H19ClN2O3/c1-3-18-7-8-19-13-10(14)5-4-6-11(13)16-12(17)9-15-2/h4-6,15H,3,7-9H2,1-2H3,(H,16,17). The largest absolute Gasteiger partial charge is 0.487 e. The monoisotopic (exact) mass is 286 g/mol. The minimum atomic E-state index is -0.153. The maximum atomic E-state index is 11.6. The van der Waals surface area contributed by atoms with Crippen LogP contribution < -0.4 is 15.4 Å².